The van der Waals surface area contributed by atoms with E-state index < -0.39 is 35.8 Å². The Labute approximate surface area is 117 Å². The summed E-state index contributed by atoms with van der Waals surface area (Å²) in [6, 6.07) is 0.370. The monoisotopic (exact) mass is 332 g/mol. The molecule has 122 valence electrons. The first kappa shape index (κ1) is 19.3. The highest BCUT2D eigenvalue weighted by Crippen LogP contribution is 2.30. The number of hydrogen-bond acceptors (Lipinski definition) is 4. The quantitative estimate of drug-likeness (QED) is 0.636. The van der Waals surface area contributed by atoms with Crippen molar-refractivity contribution in [1.82, 2.24) is 9.97 Å². The van der Waals surface area contributed by atoms with Gasteiger partial charge in [-0.2, -0.15) is 26.3 Å². The fourth-order valence-electron chi connectivity index (χ4n) is 0.796. The Morgan fingerprint density at radius 1 is 0.955 bits per heavy atom. The molecule has 0 amide bonds. The SMILES string of the molecule is FC(F)(F)c1ccnc(C(F)(F)F)n1.O=C(O)/C=C\C(=O)O. The molecule has 0 bridgehead atoms. The van der Waals surface area contributed by atoms with E-state index in [1.807, 2.05) is 0 Å². The zero-order valence-electron chi connectivity index (χ0n) is 10.2. The smallest absolute Gasteiger partial charge is 0.451 e. The molecule has 0 aliphatic heterocycles. The third-order valence-corrected chi connectivity index (χ3v) is 1.57. The Balaban J connectivity index is 0.000000472. The average molecular weight is 332 g/mol. The van der Waals surface area contributed by atoms with Gasteiger partial charge in [0, 0.05) is 18.3 Å². The Hall–Kier alpha value is -2.66. The molecule has 0 saturated carbocycles. The van der Waals surface area contributed by atoms with Crippen LogP contribution in [-0.4, -0.2) is 32.1 Å². The van der Waals surface area contributed by atoms with E-state index in [2.05, 4.69) is 9.97 Å². The second kappa shape index (κ2) is 7.38. The Kier molecular flexibility index (Phi) is 6.49. The molecule has 0 spiro atoms. The number of aromatic nitrogens is 2. The lowest BCUT2D eigenvalue weighted by molar-refractivity contribution is -0.152. The minimum atomic E-state index is -4.97. The molecule has 0 radical (unpaired) electrons. The van der Waals surface area contributed by atoms with Crippen LogP contribution in [0.15, 0.2) is 24.4 Å². The van der Waals surface area contributed by atoms with Gasteiger partial charge in [-0.3, -0.25) is 0 Å². The summed E-state index contributed by atoms with van der Waals surface area (Å²) in [7, 11) is 0. The van der Waals surface area contributed by atoms with Crippen LogP contribution in [0.4, 0.5) is 26.3 Å². The second-order valence-corrected chi connectivity index (χ2v) is 3.27. The Bertz CT molecular complexity index is 522. The number of carbonyl (C=O) groups is 2. The van der Waals surface area contributed by atoms with Crippen LogP contribution in [0, 0.1) is 0 Å². The summed E-state index contributed by atoms with van der Waals surface area (Å²) < 4.78 is 71.3. The first-order valence-electron chi connectivity index (χ1n) is 4.95. The van der Waals surface area contributed by atoms with E-state index in [0.29, 0.717) is 24.4 Å². The molecule has 1 aromatic heterocycles. The van der Waals surface area contributed by atoms with Crippen molar-refractivity contribution in [1.29, 1.82) is 0 Å². The fraction of sp³-hybridized carbons (Fsp3) is 0.200. The highest BCUT2D eigenvalue weighted by molar-refractivity contribution is 5.89. The molecule has 0 fully saturated rings. The maximum absolute atomic E-state index is 11.9. The molecule has 0 aromatic carbocycles. The van der Waals surface area contributed by atoms with Crippen LogP contribution in [0.5, 0.6) is 0 Å². The molecule has 22 heavy (non-hydrogen) atoms. The van der Waals surface area contributed by atoms with Crippen LogP contribution in [0.3, 0.4) is 0 Å². The van der Waals surface area contributed by atoms with Crippen LogP contribution in [0.25, 0.3) is 0 Å². The highest BCUT2D eigenvalue weighted by Gasteiger charge is 2.39. The van der Waals surface area contributed by atoms with Crippen LogP contribution in [-0.2, 0) is 21.9 Å². The molecule has 1 rings (SSSR count). The van der Waals surface area contributed by atoms with Gasteiger partial charge in [-0.1, -0.05) is 0 Å². The number of carboxylic acids is 2. The molecule has 12 heteroatoms. The van der Waals surface area contributed by atoms with E-state index in [4.69, 9.17) is 10.2 Å². The predicted molar refractivity (Wildman–Crippen MR) is 56.4 cm³/mol. The van der Waals surface area contributed by atoms with Crippen molar-refractivity contribution in [2.24, 2.45) is 0 Å². The molecule has 0 atom stereocenters. The number of nitrogens with zero attached hydrogens (tertiary/aromatic N) is 2. The predicted octanol–water partition coefficient (Wildman–Crippen LogP) is 2.23. The molecule has 2 N–H and O–H groups in total. The lowest BCUT2D eigenvalue weighted by atomic mass is 10.4. The third kappa shape index (κ3) is 7.81. The number of aliphatic carboxylic acids is 2. The Morgan fingerprint density at radius 3 is 1.73 bits per heavy atom. The van der Waals surface area contributed by atoms with E-state index in [0.717, 1.165) is 0 Å². The van der Waals surface area contributed by atoms with E-state index in [1.54, 1.807) is 0 Å². The average Bonchev–Trinajstić information content (AvgIpc) is 2.35. The molecule has 1 aromatic rings. The molecule has 0 aliphatic rings. The van der Waals surface area contributed by atoms with Crippen molar-refractivity contribution >= 4 is 11.9 Å². The summed E-state index contributed by atoms with van der Waals surface area (Å²) >= 11 is 0. The molecule has 0 saturated heterocycles. The van der Waals surface area contributed by atoms with Crippen molar-refractivity contribution < 1.29 is 46.1 Å². The molecule has 0 unspecified atom stereocenters. The Morgan fingerprint density at radius 2 is 1.41 bits per heavy atom. The van der Waals surface area contributed by atoms with Gasteiger partial charge < -0.3 is 10.2 Å². The molecule has 0 aliphatic carbocycles. The molecular formula is C10H6F6N2O4. The van der Waals surface area contributed by atoms with Crippen molar-refractivity contribution in [3.63, 3.8) is 0 Å². The van der Waals surface area contributed by atoms with Crippen molar-refractivity contribution in [2.75, 3.05) is 0 Å². The molecule has 6 nitrogen and oxygen atoms in total. The van der Waals surface area contributed by atoms with Gasteiger partial charge in [0.1, 0.15) is 5.69 Å². The van der Waals surface area contributed by atoms with Crippen LogP contribution >= 0.6 is 0 Å². The lowest BCUT2D eigenvalue weighted by Crippen LogP contribution is -2.16. The van der Waals surface area contributed by atoms with Crippen molar-refractivity contribution in [3.05, 3.63) is 35.9 Å². The molecule has 1 heterocycles. The van der Waals surface area contributed by atoms with E-state index in [9.17, 15) is 35.9 Å². The first-order valence-corrected chi connectivity index (χ1v) is 4.95. The summed E-state index contributed by atoms with van der Waals surface area (Å²) in [4.78, 5) is 24.1. The highest BCUT2D eigenvalue weighted by atomic mass is 19.4. The van der Waals surface area contributed by atoms with E-state index >= 15 is 0 Å². The van der Waals surface area contributed by atoms with E-state index in [-0.39, 0.29) is 0 Å². The normalized spacial score (nSPS) is 11.7. The van der Waals surface area contributed by atoms with Gasteiger partial charge in [0.15, 0.2) is 0 Å². The summed E-state index contributed by atoms with van der Waals surface area (Å²) in [6.45, 7) is 0. The number of carboxylic acid groups (broad SMARTS) is 2. The van der Waals surface area contributed by atoms with Gasteiger partial charge in [-0.05, 0) is 6.07 Å². The topological polar surface area (TPSA) is 100 Å². The second-order valence-electron chi connectivity index (χ2n) is 3.27. The maximum Gasteiger partial charge on any atom is 0.451 e. The first-order chi connectivity index (χ1) is 9.84. The molecular weight excluding hydrogens is 326 g/mol. The van der Waals surface area contributed by atoms with Gasteiger partial charge >= 0.3 is 24.3 Å². The van der Waals surface area contributed by atoms with E-state index in [1.165, 1.54) is 0 Å². The van der Waals surface area contributed by atoms with Gasteiger partial charge in [-0.25, -0.2) is 19.6 Å². The standard InChI is InChI=1S/C6H2F6N2.C4H4O4/c7-5(8,9)3-1-2-13-4(14-3)6(10,11)12;5-3(6)1-2-4(7)8/h1-2H;1-2H,(H,5,6)(H,7,8)/b;2-1-. The van der Waals surface area contributed by atoms with Crippen LogP contribution in [0.2, 0.25) is 0 Å². The number of halogens is 6. The lowest BCUT2D eigenvalue weighted by Gasteiger charge is -2.08. The van der Waals surface area contributed by atoms with Crippen LogP contribution < -0.4 is 0 Å². The van der Waals surface area contributed by atoms with Gasteiger partial charge in [0.05, 0.1) is 0 Å². The fourth-order valence-corrected chi connectivity index (χ4v) is 0.796. The largest absolute Gasteiger partial charge is 0.478 e. The number of hydrogen-bond donors (Lipinski definition) is 2. The summed E-state index contributed by atoms with van der Waals surface area (Å²) in [6.07, 6.45) is -8.34. The zero-order valence-corrected chi connectivity index (χ0v) is 10.2. The van der Waals surface area contributed by atoms with Crippen molar-refractivity contribution in [2.45, 2.75) is 12.4 Å². The van der Waals surface area contributed by atoms with Gasteiger partial charge in [0.2, 0.25) is 5.82 Å². The third-order valence-electron chi connectivity index (χ3n) is 1.57. The van der Waals surface area contributed by atoms with Crippen LogP contribution in [0.1, 0.15) is 11.5 Å². The summed E-state index contributed by atoms with van der Waals surface area (Å²) in [5.74, 6) is -4.31. The zero-order chi connectivity index (χ0) is 17.6. The number of rotatable bonds is 2. The maximum atomic E-state index is 11.9. The van der Waals surface area contributed by atoms with Gasteiger partial charge in [-0.15, -0.1) is 0 Å². The minimum absolute atomic E-state index is 0.370. The van der Waals surface area contributed by atoms with Gasteiger partial charge in [0.25, 0.3) is 0 Å². The summed E-state index contributed by atoms with van der Waals surface area (Å²) in [5.41, 5.74) is -1.61. The van der Waals surface area contributed by atoms with Crippen molar-refractivity contribution in [3.8, 4) is 0 Å². The summed E-state index contributed by atoms with van der Waals surface area (Å²) in [5, 5.41) is 15.6. The minimum Gasteiger partial charge on any atom is -0.478 e. The number of alkyl halides is 6.